The van der Waals surface area contributed by atoms with E-state index in [1.165, 1.54) is 12.1 Å². The Labute approximate surface area is 110 Å². The van der Waals surface area contributed by atoms with Crippen LogP contribution in [0.15, 0.2) is 24.4 Å². The number of nitrogens with two attached hydrogens (primary N) is 1. The van der Waals surface area contributed by atoms with Gasteiger partial charge in [0.1, 0.15) is 5.82 Å². The van der Waals surface area contributed by atoms with Crippen molar-refractivity contribution in [1.82, 2.24) is 9.78 Å². The molecule has 1 atom stereocenters. The lowest BCUT2D eigenvalue weighted by Crippen LogP contribution is -2.14. The van der Waals surface area contributed by atoms with E-state index in [0.717, 1.165) is 11.3 Å². The van der Waals surface area contributed by atoms with Gasteiger partial charge in [0.05, 0.1) is 5.69 Å². The van der Waals surface area contributed by atoms with Gasteiger partial charge in [-0.15, -0.1) is 0 Å². The predicted molar refractivity (Wildman–Crippen MR) is 70.0 cm³/mol. The highest BCUT2D eigenvalue weighted by Gasteiger charge is 2.14. The molecule has 0 aliphatic carbocycles. The Kier molecular flexibility index (Phi) is 3.68. The fourth-order valence-electron chi connectivity index (χ4n) is 2.03. The summed E-state index contributed by atoms with van der Waals surface area (Å²) in [5.74, 6) is -0.301. The van der Waals surface area contributed by atoms with Crippen molar-refractivity contribution in [2.24, 2.45) is 12.8 Å². The van der Waals surface area contributed by atoms with E-state index < -0.39 is 0 Å². The zero-order valence-electron chi connectivity index (χ0n) is 10.3. The van der Waals surface area contributed by atoms with Crippen molar-refractivity contribution >= 4 is 11.6 Å². The number of aromatic nitrogens is 2. The van der Waals surface area contributed by atoms with Crippen LogP contribution in [-0.2, 0) is 13.5 Å². The van der Waals surface area contributed by atoms with Crippen LogP contribution in [-0.4, -0.2) is 9.78 Å². The van der Waals surface area contributed by atoms with Gasteiger partial charge in [-0.05, 0) is 37.1 Å². The average molecular weight is 268 g/mol. The molecule has 2 aromatic rings. The minimum Gasteiger partial charge on any atom is -0.324 e. The summed E-state index contributed by atoms with van der Waals surface area (Å²) in [6, 6.07) is 4.08. The Hall–Kier alpha value is -1.39. The first-order chi connectivity index (χ1) is 8.47. The lowest BCUT2D eigenvalue weighted by molar-refractivity contribution is 0.622. The molecule has 1 unspecified atom stereocenters. The number of rotatable bonds is 3. The summed E-state index contributed by atoms with van der Waals surface area (Å²) in [5.41, 5.74) is 8.68. The van der Waals surface area contributed by atoms with Gasteiger partial charge in [0, 0.05) is 29.9 Å². The first-order valence-electron chi connectivity index (χ1n) is 5.67. The van der Waals surface area contributed by atoms with E-state index in [1.54, 1.807) is 10.7 Å². The molecule has 0 saturated carbocycles. The van der Waals surface area contributed by atoms with Gasteiger partial charge in [-0.1, -0.05) is 11.6 Å². The molecule has 0 aliphatic rings. The Morgan fingerprint density at radius 1 is 1.50 bits per heavy atom. The average Bonchev–Trinajstić information content (AvgIpc) is 2.63. The van der Waals surface area contributed by atoms with Crippen LogP contribution >= 0.6 is 11.6 Å². The van der Waals surface area contributed by atoms with Crippen LogP contribution in [0.25, 0.3) is 0 Å². The maximum atomic E-state index is 13.2. The van der Waals surface area contributed by atoms with Crippen LogP contribution in [0.2, 0.25) is 5.02 Å². The minimum absolute atomic E-state index is 0.238. The summed E-state index contributed by atoms with van der Waals surface area (Å²) in [7, 11) is 1.85. The van der Waals surface area contributed by atoms with Crippen LogP contribution in [0.3, 0.4) is 0 Å². The fraction of sp³-hybridized carbons (Fsp3) is 0.308. The lowest BCUT2D eigenvalue weighted by atomic mass is 10.0. The SMILES string of the molecule is Cc1nn(C)cc1C(N)Cc1cc(F)ccc1Cl. The molecular weight excluding hydrogens is 253 g/mol. The minimum atomic E-state index is -0.301. The highest BCUT2D eigenvalue weighted by atomic mass is 35.5. The van der Waals surface area contributed by atoms with Crippen molar-refractivity contribution in [3.05, 3.63) is 52.1 Å². The lowest BCUT2D eigenvalue weighted by Gasteiger charge is -2.12. The van der Waals surface area contributed by atoms with E-state index >= 15 is 0 Å². The molecule has 96 valence electrons. The van der Waals surface area contributed by atoms with Gasteiger partial charge in [0.25, 0.3) is 0 Å². The van der Waals surface area contributed by atoms with Gasteiger partial charge in [-0.2, -0.15) is 5.10 Å². The summed E-state index contributed by atoms with van der Waals surface area (Å²) >= 11 is 6.03. The summed E-state index contributed by atoms with van der Waals surface area (Å²) in [5, 5.41) is 4.78. The van der Waals surface area contributed by atoms with E-state index in [4.69, 9.17) is 17.3 Å². The zero-order chi connectivity index (χ0) is 13.3. The molecule has 1 aromatic carbocycles. The Morgan fingerprint density at radius 3 is 2.83 bits per heavy atom. The number of nitrogens with zero attached hydrogens (tertiary/aromatic N) is 2. The maximum absolute atomic E-state index is 13.2. The molecule has 18 heavy (non-hydrogen) atoms. The molecule has 1 aromatic heterocycles. The van der Waals surface area contributed by atoms with E-state index in [0.29, 0.717) is 17.0 Å². The van der Waals surface area contributed by atoms with E-state index in [9.17, 15) is 4.39 Å². The molecule has 0 spiro atoms. The second-order valence-electron chi connectivity index (χ2n) is 4.39. The summed E-state index contributed by atoms with van der Waals surface area (Å²) in [4.78, 5) is 0. The van der Waals surface area contributed by atoms with Gasteiger partial charge in [-0.25, -0.2) is 4.39 Å². The number of hydrogen-bond donors (Lipinski definition) is 1. The van der Waals surface area contributed by atoms with Crippen LogP contribution in [0.5, 0.6) is 0 Å². The Morgan fingerprint density at radius 2 is 2.22 bits per heavy atom. The van der Waals surface area contributed by atoms with Gasteiger partial charge in [0.2, 0.25) is 0 Å². The van der Waals surface area contributed by atoms with E-state index in [2.05, 4.69) is 5.10 Å². The third kappa shape index (κ3) is 2.71. The molecular formula is C13H15ClFN3. The van der Waals surface area contributed by atoms with Crippen LogP contribution in [0, 0.1) is 12.7 Å². The second kappa shape index (κ2) is 5.08. The van der Waals surface area contributed by atoms with Gasteiger partial charge in [-0.3, -0.25) is 4.68 Å². The van der Waals surface area contributed by atoms with Gasteiger partial charge in [0.15, 0.2) is 0 Å². The predicted octanol–water partition coefficient (Wildman–Crippen LogP) is 2.76. The molecule has 2 rings (SSSR count). The first-order valence-corrected chi connectivity index (χ1v) is 6.05. The van der Waals surface area contributed by atoms with Crippen molar-refractivity contribution in [1.29, 1.82) is 0 Å². The smallest absolute Gasteiger partial charge is 0.123 e. The van der Waals surface area contributed by atoms with E-state index in [1.807, 2.05) is 20.2 Å². The number of aryl methyl sites for hydroxylation is 2. The number of benzene rings is 1. The Balaban J connectivity index is 2.23. The van der Waals surface area contributed by atoms with Crippen LogP contribution in [0.4, 0.5) is 4.39 Å². The largest absolute Gasteiger partial charge is 0.324 e. The molecule has 1 heterocycles. The number of halogens is 2. The van der Waals surface area contributed by atoms with E-state index in [-0.39, 0.29) is 11.9 Å². The fourth-order valence-corrected chi connectivity index (χ4v) is 2.22. The molecule has 0 bridgehead atoms. The van der Waals surface area contributed by atoms with Crippen molar-refractivity contribution < 1.29 is 4.39 Å². The molecule has 3 nitrogen and oxygen atoms in total. The molecule has 0 radical (unpaired) electrons. The molecule has 2 N–H and O–H groups in total. The monoisotopic (exact) mass is 267 g/mol. The first kappa shape index (κ1) is 13.1. The standard InChI is InChI=1S/C13H15ClFN3/c1-8-11(7-18(2)17-8)13(16)6-9-5-10(15)3-4-12(9)14/h3-5,7,13H,6,16H2,1-2H3. The maximum Gasteiger partial charge on any atom is 0.123 e. The van der Waals surface area contributed by atoms with Crippen molar-refractivity contribution in [3.63, 3.8) is 0 Å². The van der Waals surface area contributed by atoms with Gasteiger partial charge >= 0.3 is 0 Å². The van der Waals surface area contributed by atoms with Crippen LogP contribution < -0.4 is 5.73 Å². The third-order valence-electron chi connectivity index (χ3n) is 2.90. The molecule has 5 heteroatoms. The Bertz CT molecular complexity index is 565. The molecule has 0 aliphatic heterocycles. The molecule has 0 amide bonds. The highest BCUT2D eigenvalue weighted by Crippen LogP contribution is 2.24. The quantitative estimate of drug-likeness (QED) is 0.929. The van der Waals surface area contributed by atoms with Crippen LogP contribution in [0.1, 0.15) is 22.9 Å². The second-order valence-corrected chi connectivity index (χ2v) is 4.80. The van der Waals surface area contributed by atoms with Crippen molar-refractivity contribution in [3.8, 4) is 0 Å². The van der Waals surface area contributed by atoms with Crippen molar-refractivity contribution in [2.45, 2.75) is 19.4 Å². The molecule has 0 saturated heterocycles. The van der Waals surface area contributed by atoms with Crippen molar-refractivity contribution in [2.75, 3.05) is 0 Å². The number of hydrogen-bond acceptors (Lipinski definition) is 2. The summed E-state index contributed by atoms with van der Waals surface area (Å²) in [6.07, 6.45) is 2.37. The molecule has 0 fully saturated rings. The third-order valence-corrected chi connectivity index (χ3v) is 3.27. The normalized spacial score (nSPS) is 12.7. The highest BCUT2D eigenvalue weighted by molar-refractivity contribution is 6.31. The summed E-state index contributed by atoms with van der Waals surface area (Å²) in [6.45, 7) is 1.91. The topological polar surface area (TPSA) is 43.8 Å². The zero-order valence-corrected chi connectivity index (χ0v) is 11.1. The summed E-state index contributed by atoms with van der Waals surface area (Å²) < 4.78 is 14.9. The van der Waals surface area contributed by atoms with Gasteiger partial charge < -0.3 is 5.73 Å².